The summed E-state index contributed by atoms with van der Waals surface area (Å²) in [6.07, 6.45) is 1.97. The van der Waals surface area contributed by atoms with Gasteiger partial charge in [0.2, 0.25) is 11.8 Å². The van der Waals surface area contributed by atoms with E-state index in [4.69, 9.17) is 4.52 Å². The van der Waals surface area contributed by atoms with Gasteiger partial charge in [0.1, 0.15) is 0 Å². The fourth-order valence-corrected chi connectivity index (χ4v) is 3.61. The second kappa shape index (κ2) is 8.58. The molecule has 0 N–H and O–H groups in total. The predicted octanol–water partition coefficient (Wildman–Crippen LogP) is 2.92. The molecule has 7 heteroatoms. The second-order valence-corrected chi connectivity index (χ2v) is 7.62. The minimum absolute atomic E-state index is 0.235. The van der Waals surface area contributed by atoms with Gasteiger partial charge in [0.15, 0.2) is 5.82 Å². The van der Waals surface area contributed by atoms with Crippen LogP contribution in [0.3, 0.4) is 0 Å². The van der Waals surface area contributed by atoms with Gasteiger partial charge >= 0.3 is 0 Å². The van der Waals surface area contributed by atoms with Gasteiger partial charge in [-0.15, -0.1) is 0 Å². The molecule has 0 unspecified atom stereocenters. The number of nitrogens with zero attached hydrogens (tertiary/aromatic N) is 4. The number of carbonyl (C=O) groups excluding carboxylic acids is 1. The van der Waals surface area contributed by atoms with Crippen LogP contribution >= 0.6 is 11.3 Å². The zero-order valence-electron chi connectivity index (χ0n) is 15.0. The average molecular weight is 362 g/mol. The van der Waals surface area contributed by atoms with Crippen molar-refractivity contribution in [2.75, 3.05) is 26.2 Å². The standard InChI is InChI=1S/C18H26N4O2S/c1-14(2)18-19-16(24-20-18)4-3-5-17(23)22-9-7-21(8-10-22)12-15-6-11-25-13-15/h6,11,13-14H,3-5,7-10,12H2,1-2H3. The Morgan fingerprint density at radius 1 is 1.32 bits per heavy atom. The summed E-state index contributed by atoms with van der Waals surface area (Å²) in [7, 11) is 0. The Morgan fingerprint density at radius 2 is 2.12 bits per heavy atom. The Balaban J connectivity index is 1.36. The minimum Gasteiger partial charge on any atom is -0.340 e. The van der Waals surface area contributed by atoms with Crippen molar-refractivity contribution in [2.45, 2.75) is 45.6 Å². The molecule has 0 aliphatic carbocycles. The number of aryl methyl sites for hydroxylation is 1. The fourth-order valence-electron chi connectivity index (χ4n) is 2.95. The van der Waals surface area contributed by atoms with Crippen molar-refractivity contribution >= 4 is 17.2 Å². The van der Waals surface area contributed by atoms with Crippen LogP contribution in [-0.2, 0) is 17.8 Å². The quantitative estimate of drug-likeness (QED) is 0.758. The lowest BCUT2D eigenvalue weighted by Crippen LogP contribution is -2.48. The predicted molar refractivity (Wildman–Crippen MR) is 97.5 cm³/mol. The highest BCUT2D eigenvalue weighted by Crippen LogP contribution is 2.14. The topological polar surface area (TPSA) is 62.5 Å². The molecule has 0 spiro atoms. The maximum absolute atomic E-state index is 12.4. The Morgan fingerprint density at radius 3 is 2.76 bits per heavy atom. The van der Waals surface area contributed by atoms with Crippen LogP contribution < -0.4 is 0 Å². The molecule has 0 bridgehead atoms. The largest absolute Gasteiger partial charge is 0.340 e. The highest BCUT2D eigenvalue weighted by Gasteiger charge is 2.21. The molecule has 3 heterocycles. The zero-order valence-corrected chi connectivity index (χ0v) is 15.8. The molecular formula is C18H26N4O2S. The molecule has 1 amide bonds. The van der Waals surface area contributed by atoms with Crippen molar-refractivity contribution in [1.82, 2.24) is 19.9 Å². The number of carbonyl (C=O) groups is 1. The van der Waals surface area contributed by atoms with E-state index < -0.39 is 0 Å². The van der Waals surface area contributed by atoms with E-state index in [2.05, 4.69) is 31.9 Å². The molecule has 1 aliphatic rings. The molecule has 0 aromatic carbocycles. The molecule has 1 saturated heterocycles. The number of hydrogen-bond donors (Lipinski definition) is 0. The Hall–Kier alpha value is -1.73. The summed E-state index contributed by atoms with van der Waals surface area (Å²) < 4.78 is 5.23. The highest BCUT2D eigenvalue weighted by molar-refractivity contribution is 7.07. The third-order valence-corrected chi connectivity index (χ3v) is 5.22. The molecule has 1 fully saturated rings. The van der Waals surface area contributed by atoms with Crippen LogP contribution in [0.5, 0.6) is 0 Å². The molecule has 2 aromatic rings. The molecule has 0 saturated carbocycles. The first-order valence-electron chi connectivity index (χ1n) is 8.95. The van der Waals surface area contributed by atoms with E-state index >= 15 is 0 Å². The molecule has 2 aromatic heterocycles. The Bertz CT molecular complexity index is 660. The zero-order chi connectivity index (χ0) is 17.6. The third-order valence-electron chi connectivity index (χ3n) is 4.49. The SMILES string of the molecule is CC(C)c1noc(CCCC(=O)N2CCN(Cc3ccsc3)CC2)n1. The summed E-state index contributed by atoms with van der Waals surface area (Å²) in [5, 5.41) is 8.26. The number of amides is 1. The van der Waals surface area contributed by atoms with Gasteiger partial charge in [-0.3, -0.25) is 9.69 Å². The molecule has 3 rings (SSSR count). The van der Waals surface area contributed by atoms with Crippen LogP contribution in [0.4, 0.5) is 0 Å². The molecule has 6 nitrogen and oxygen atoms in total. The van der Waals surface area contributed by atoms with Crippen LogP contribution in [-0.4, -0.2) is 52.0 Å². The van der Waals surface area contributed by atoms with Crippen LogP contribution in [0.2, 0.25) is 0 Å². The maximum atomic E-state index is 12.4. The normalized spacial score (nSPS) is 15.9. The van der Waals surface area contributed by atoms with E-state index in [9.17, 15) is 4.79 Å². The average Bonchev–Trinajstić information content (AvgIpc) is 3.27. The minimum atomic E-state index is 0.235. The molecule has 0 radical (unpaired) electrons. The van der Waals surface area contributed by atoms with Crippen molar-refractivity contribution in [2.24, 2.45) is 0 Å². The lowest BCUT2D eigenvalue weighted by molar-refractivity contribution is -0.133. The molecule has 25 heavy (non-hydrogen) atoms. The van der Waals surface area contributed by atoms with Crippen LogP contribution in [0.25, 0.3) is 0 Å². The summed E-state index contributed by atoms with van der Waals surface area (Å²) in [5.74, 6) is 1.88. The number of rotatable bonds is 7. The van der Waals surface area contributed by atoms with E-state index in [1.807, 2.05) is 18.7 Å². The third kappa shape index (κ3) is 5.12. The van der Waals surface area contributed by atoms with Gasteiger partial charge in [-0.1, -0.05) is 19.0 Å². The van der Waals surface area contributed by atoms with Gasteiger partial charge in [-0.2, -0.15) is 16.3 Å². The van der Waals surface area contributed by atoms with Gasteiger partial charge in [0, 0.05) is 51.5 Å². The van der Waals surface area contributed by atoms with Crippen LogP contribution in [0.1, 0.15) is 49.9 Å². The van der Waals surface area contributed by atoms with Crippen molar-refractivity contribution < 1.29 is 9.32 Å². The summed E-state index contributed by atoms with van der Waals surface area (Å²) in [4.78, 5) is 21.1. The first-order valence-corrected chi connectivity index (χ1v) is 9.90. The van der Waals surface area contributed by atoms with Gasteiger partial charge in [0.25, 0.3) is 0 Å². The van der Waals surface area contributed by atoms with E-state index in [1.165, 1.54) is 5.56 Å². The molecule has 1 aliphatic heterocycles. The number of aromatic nitrogens is 2. The van der Waals surface area contributed by atoms with E-state index in [-0.39, 0.29) is 11.8 Å². The van der Waals surface area contributed by atoms with Crippen molar-refractivity contribution in [1.29, 1.82) is 0 Å². The van der Waals surface area contributed by atoms with Gasteiger partial charge in [-0.25, -0.2) is 0 Å². The summed E-state index contributed by atoms with van der Waals surface area (Å²) in [6.45, 7) is 8.60. The van der Waals surface area contributed by atoms with Gasteiger partial charge in [0.05, 0.1) is 0 Å². The summed E-state index contributed by atoms with van der Waals surface area (Å²) >= 11 is 1.74. The van der Waals surface area contributed by atoms with E-state index in [1.54, 1.807) is 11.3 Å². The number of thiophene rings is 1. The van der Waals surface area contributed by atoms with Gasteiger partial charge in [-0.05, 0) is 28.8 Å². The summed E-state index contributed by atoms with van der Waals surface area (Å²) in [5.41, 5.74) is 1.37. The Labute approximate surface area is 152 Å². The maximum Gasteiger partial charge on any atom is 0.226 e. The first kappa shape index (κ1) is 18.1. The monoisotopic (exact) mass is 362 g/mol. The summed E-state index contributed by atoms with van der Waals surface area (Å²) in [6, 6.07) is 2.17. The van der Waals surface area contributed by atoms with E-state index in [0.717, 1.165) is 45.0 Å². The van der Waals surface area contributed by atoms with Crippen molar-refractivity contribution in [3.8, 4) is 0 Å². The molecule has 0 atom stereocenters. The lowest BCUT2D eigenvalue weighted by atomic mass is 10.2. The second-order valence-electron chi connectivity index (χ2n) is 6.84. The first-order chi connectivity index (χ1) is 12.1. The van der Waals surface area contributed by atoms with Crippen molar-refractivity contribution in [3.05, 3.63) is 34.1 Å². The highest BCUT2D eigenvalue weighted by atomic mass is 32.1. The van der Waals surface area contributed by atoms with E-state index in [0.29, 0.717) is 18.7 Å². The lowest BCUT2D eigenvalue weighted by Gasteiger charge is -2.34. The fraction of sp³-hybridized carbons (Fsp3) is 0.611. The Kier molecular flexibility index (Phi) is 6.20. The van der Waals surface area contributed by atoms with Gasteiger partial charge < -0.3 is 9.42 Å². The molecular weight excluding hydrogens is 336 g/mol. The van der Waals surface area contributed by atoms with Crippen LogP contribution in [0, 0.1) is 0 Å². The van der Waals surface area contributed by atoms with Crippen LogP contribution in [0.15, 0.2) is 21.3 Å². The van der Waals surface area contributed by atoms with Crippen molar-refractivity contribution in [3.63, 3.8) is 0 Å². The number of piperazine rings is 1. The number of hydrogen-bond acceptors (Lipinski definition) is 6. The molecule has 136 valence electrons. The smallest absolute Gasteiger partial charge is 0.226 e.